The van der Waals surface area contributed by atoms with Gasteiger partial charge in [0.15, 0.2) is 0 Å². The molecule has 36 heavy (non-hydrogen) atoms. The maximum atomic E-state index is 2.37. The minimum Gasteiger partial charge on any atom is -0.0616 e. The van der Waals surface area contributed by atoms with E-state index in [1.807, 2.05) is 0 Å². The van der Waals surface area contributed by atoms with Gasteiger partial charge in [0, 0.05) is 0 Å². The van der Waals surface area contributed by atoms with Gasteiger partial charge in [-0.25, -0.2) is 0 Å². The van der Waals surface area contributed by atoms with Crippen molar-refractivity contribution >= 4 is 86.2 Å². The average molecular weight is 457 g/mol. The highest BCUT2D eigenvalue weighted by atomic mass is 14.3. The predicted octanol–water partition coefficient (Wildman–Crippen LogP) is 10.5. The molecule has 0 saturated carbocycles. The SMILES string of the molecule is Cc1c2ccccc2c(C)c2c1c1ccc3c4ccc5c6c(C)c7ccccc7c(C)c6c5c4c3c12. The van der Waals surface area contributed by atoms with E-state index < -0.39 is 0 Å². The van der Waals surface area contributed by atoms with E-state index >= 15 is 0 Å². The van der Waals surface area contributed by atoms with Gasteiger partial charge in [-0.3, -0.25) is 0 Å². The van der Waals surface area contributed by atoms with Crippen molar-refractivity contribution in [1.82, 2.24) is 0 Å². The van der Waals surface area contributed by atoms with Crippen molar-refractivity contribution in [2.45, 2.75) is 27.7 Å². The zero-order chi connectivity index (χ0) is 24.0. The van der Waals surface area contributed by atoms with Crippen molar-refractivity contribution in [3.63, 3.8) is 0 Å². The normalized spacial score (nSPS) is 13.0. The Hall–Kier alpha value is -4.16. The van der Waals surface area contributed by atoms with Gasteiger partial charge >= 0.3 is 0 Å². The van der Waals surface area contributed by atoms with Gasteiger partial charge in [0.05, 0.1) is 0 Å². The lowest BCUT2D eigenvalue weighted by Gasteiger charge is -2.27. The average Bonchev–Trinajstić information content (AvgIpc) is 2.87. The van der Waals surface area contributed by atoms with Gasteiger partial charge in [-0.15, -0.1) is 0 Å². The highest BCUT2D eigenvalue weighted by Crippen LogP contribution is 2.55. The molecule has 0 atom stereocenters. The summed E-state index contributed by atoms with van der Waals surface area (Å²) in [6.07, 6.45) is 0. The van der Waals surface area contributed by atoms with Crippen LogP contribution < -0.4 is 0 Å². The standard InChI is InChI=1S/C36H24/c1-17-21-9-5-7-11-23(21)19(3)31-29(17)27-15-13-25-26-14-16-28-30-18(2)22-10-6-8-12-24(22)20(4)32(30)36(28)34(26)33(25)35(27)31/h5-16H,1-4H3. The van der Waals surface area contributed by atoms with Crippen LogP contribution in [0.15, 0.2) is 72.8 Å². The van der Waals surface area contributed by atoms with Gasteiger partial charge < -0.3 is 0 Å². The highest BCUT2D eigenvalue weighted by Gasteiger charge is 2.27. The zero-order valence-electron chi connectivity index (χ0n) is 20.9. The molecule has 0 spiro atoms. The highest BCUT2D eigenvalue weighted by molar-refractivity contribution is 6.51. The monoisotopic (exact) mass is 456 g/mol. The molecule has 0 aliphatic heterocycles. The van der Waals surface area contributed by atoms with Crippen molar-refractivity contribution < 1.29 is 0 Å². The molecule has 9 rings (SSSR count). The van der Waals surface area contributed by atoms with E-state index in [-0.39, 0.29) is 0 Å². The number of benzene rings is 6. The molecular formula is C36H24. The molecule has 0 unspecified atom stereocenters. The van der Waals surface area contributed by atoms with Crippen LogP contribution in [0.25, 0.3) is 86.2 Å². The maximum Gasteiger partial charge on any atom is -0.000730 e. The molecule has 0 heterocycles. The third-order valence-corrected chi connectivity index (χ3v) is 9.46. The summed E-state index contributed by atoms with van der Waals surface area (Å²) in [7, 11) is 0. The van der Waals surface area contributed by atoms with Crippen molar-refractivity contribution in [3.8, 4) is 0 Å². The van der Waals surface area contributed by atoms with E-state index in [1.54, 1.807) is 0 Å². The van der Waals surface area contributed by atoms with E-state index in [0.717, 1.165) is 0 Å². The van der Waals surface area contributed by atoms with Crippen LogP contribution in [0.1, 0.15) is 22.3 Å². The lowest BCUT2D eigenvalue weighted by molar-refractivity contribution is 1.53. The zero-order valence-corrected chi connectivity index (χ0v) is 20.9. The van der Waals surface area contributed by atoms with Crippen LogP contribution in [-0.4, -0.2) is 0 Å². The molecule has 9 aromatic rings. The topological polar surface area (TPSA) is 0 Å². The second-order valence-electron chi connectivity index (χ2n) is 10.9. The Bertz CT molecular complexity index is 2210. The van der Waals surface area contributed by atoms with E-state index in [9.17, 15) is 0 Å². The molecule has 0 aromatic heterocycles. The first kappa shape index (κ1) is 19.1. The fraction of sp³-hybridized carbons (Fsp3) is 0.111. The van der Waals surface area contributed by atoms with Crippen LogP contribution in [-0.2, 0) is 0 Å². The molecule has 0 N–H and O–H groups in total. The second kappa shape index (κ2) is 5.97. The Morgan fingerprint density at radius 1 is 0.250 bits per heavy atom. The Labute approximate surface area is 208 Å². The van der Waals surface area contributed by atoms with Crippen molar-refractivity contribution in [2.75, 3.05) is 0 Å². The summed E-state index contributed by atoms with van der Waals surface area (Å²) in [5.41, 5.74) is 5.69. The first-order valence-electron chi connectivity index (χ1n) is 13.0. The third kappa shape index (κ3) is 1.85. The Morgan fingerprint density at radius 3 is 0.889 bits per heavy atom. The van der Waals surface area contributed by atoms with Gasteiger partial charge in [0.1, 0.15) is 0 Å². The van der Waals surface area contributed by atoms with Crippen molar-refractivity contribution in [1.29, 1.82) is 0 Å². The van der Waals surface area contributed by atoms with Crippen LogP contribution in [0.2, 0.25) is 0 Å². The van der Waals surface area contributed by atoms with Gasteiger partial charge in [-0.1, -0.05) is 72.8 Å². The summed E-state index contributed by atoms with van der Waals surface area (Å²) in [4.78, 5) is 0. The van der Waals surface area contributed by atoms with Crippen LogP contribution in [0.3, 0.4) is 0 Å². The molecule has 9 aromatic carbocycles. The largest absolute Gasteiger partial charge is 0.0616 e. The fourth-order valence-corrected chi connectivity index (χ4v) is 7.78. The number of fused-ring (bicyclic) bond motifs is 16. The number of aryl methyl sites for hydroxylation is 4. The fourth-order valence-electron chi connectivity index (χ4n) is 7.78. The molecule has 0 heteroatoms. The first-order valence-corrected chi connectivity index (χ1v) is 13.0. The molecule has 0 nitrogen and oxygen atoms in total. The summed E-state index contributed by atoms with van der Waals surface area (Å²) < 4.78 is 0. The Kier molecular flexibility index (Phi) is 3.16. The maximum absolute atomic E-state index is 2.37. The van der Waals surface area contributed by atoms with Gasteiger partial charge in [0.25, 0.3) is 0 Å². The van der Waals surface area contributed by atoms with E-state index in [1.165, 1.54) is 108 Å². The van der Waals surface area contributed by atoms with Gasteiger partial charge in [-0.2, -0.15) is 0 Å². The summed E-state index contributed by atoms with van der Waals surface area (Å²) >= 11 is 0. The van der Waals surface area contributed by atoms with Crippen LogP contribution in [0.4, 0.5) is 0 Å². The Morgan fingerprint density at radius 2 is 0.528 bits per heavy atom. The minimum atomic E-state index is 1.39. The molecule has 0 radical (unpaired) electrons. The minimum absolute atomic E-state index is 1.39. The quantitative estimate of drug-likeness (QED) is 0.213. The summed E-state index contributed by atoms with van der Waals surface area (Å²) in [5, 5.41) is 23.1. The van der Waals surface area contributed by atoms with Crippen LogP contribution in [0, 0.1) is 27.7 Å². The van der Waals surface area contributed by atoms with Crippen LogP contribution in [0.5, 0.6) is 0 Å². The predicted molar refractivity (Wildman–Crippen MR) is 159 cm³/mol. The molecule has 0 saturated heterocycles. The summed E-state index contributed by atoms with van der Waals surface area (Å²) in [6, 6.07) is 27.3. The molecule has 0 bridgehead atoms. The molecule has 0 aliphatic carbocycles. The lowest BCUT2D eigenvalue weighted by Crippen LogP contribution is -2.00. The van der Waals surface area contributed by atoms with Gasteiger partial charge in [0.2, 0.25) is 0 Å². The molecule has 0 amide bonds. The number of rotatable bonds is 0. The van der Waals surface area contributed by atoms with E-state index in [0.29, 0.717) is 0 Å². The van der Waals surface area contributed by atoms with Gasteiger partial charge in [-0.05, 0) is 136 Å². The van der Waals surface area contributed by atoms with Crippen molar-refractivity contribution in [2.24, 2.45) is 0 Å². The number of hydrogen-bond acceptors (Lipinski definition) is 0. The first-order chi connectivity index (χ1) is 17.6. The second-order valence-corrected chi connectivity index (χ2v) is 10.9. The van der Waals surface area contributed by atoms with Crippen LogP contribution >= 0.6 is 0 Å². The molecular weight excluding hydrogens is 432 g/mol. The van der Waals surface area contributed by atoms with Crippen molar-refractivity contribution in [3.05, 3.63) is 95.1 Å². The number of hydrogen-bond donors (Lipinski definition) is 0. The molecule has 0 fully saturated rings. The van der Waals surface area contributed by atoms with E-state index in [2.05, 4.69) is 100 Å². The Balaban J connectivity index is 1.52. The third-order valence-electron chi connectivity index (χ3n) is 9.46. The smallest absolute Gasteiger partial charge is 0.000730 e. The summed E-state index contributed by atoms with van der Waals surface area (Å²) in [6.45, 7) is 9.25. The summed E-state index contributed by atoms with van der Waals surface area (Å²) in [5.74, 6) is 0. The molecule has 168 valence electrons. The lowest BCUT2D eigenvalue weighted by atomic mass is 9.75. The molecule has 0 aliphatic rings. The van der Waals surface area contributed by atoms with E-state index in [4.69, 9.17) is 0 Å².